The van der Waals surface area contributed by atoms with E-state index in [0.717, 1.165) is 11.4 Å². The highest BCUT2D eigenvalue weighted by molar-refractivity contribution is 6.41. The Kier molecular flexibility index (Phi) is 5.26. The maximum atomic E-state index is 12.7. The minimum atomic E-state index is -0.928. The number of benzene rings is 2. The van der Waals surface area contributed by atoms with Gasteiger partial charge in [0.05, 0.1) is 28.3 Å². The summed E-state index contributed by atoms with van der Waals surface area (Å²) < 4.78 is 8.55. The van der Waals surface area contributed by atoms with Crippen molar-refractivity contribution in [2.45, 2.75) is 20.5 Å². The van der Waals surface area contributed by atoms with E-state index in [4.69, 9.17) is 4.74 Å². The Morgan fingerprint density at radius 3 is 2.17 bits per heavy atom. The van der Waals surface area contributed by atoms with Gasteiger partial charge in [-0.3, -0.25) is 4.79 Å². The molecule has 2 aromatic carbocycles. The molecule has 0 aliphatic carbocycles. The van der Waals surface area contributed by atoms with E-state index in [9.17, 15) is 9.59 Å². The van der Waals surface area contributed by atoms with Crippen LogP contribution in [0.3, 0.4) is 0 Å². The molecule has 0 bridgehead atoms. The largest absolute Gasteiger partial charge is 0.453 e. The highest BCUT2D eigenvalue weighted by atomic mass is 16.5. The summed E-state index contributed by atoms with van der Waals surface area (Å²) in [5.74, 6) is -1.64. The van der Waals surface area contributed by atoms with Crippen LogP contribution in [0, 0.1) is 13.8 Å². The Bertz CT molecular complexity index is 1190. The molecule has 0 fully saturated rings. The monoisotopic (exact) mass is 400 g/mol. The number of ether oxygens (including phenoxy) is 1. The van der Waals surface area contributed by atoms with Gasteiger partial charge < -0.3 is 4.74 Å². The summed E-state index contributed by atoms with van der Waals surface area (Å²) in [6, 6.07) is 20.8. The first-order chi connectivity index (χ1) is 14.5. The second kappa shape index (κ2) is 8.16. The van der Waals surface area contributed by atoms with E-state index in [0.29, 0.717) is 17.1 Å². The van der Waals surface area contributed by atoms with Crippen molar-refractivity contribution in [2.24, 2.45) is 0 Å². The zero-order valence-electron chi connectivity index (χ0n) is 16.6. The van der Waals surface area contributed by atoms with Crippen LogP contribution >= 0.6 is 0 Å². The number of hydrogen-bond acceptors (Lipinski definition) is 5. The zero-order chi connectivity index (χ0) is 21.1. The molecule has 0 saturated heterocycles. The Balaban J connectivity index is 1.47. The number of carbonyl (C=O) groups is 2. The molecule has 0 amide bonds. The summed E-state index contributed by atoms with van der Waals surface area (Å²) in [4.78, 5) is 25.1. The summed E-state index contributed by atoms with van der Waals surface area (Å²) in [5.41, 5.74) is 3.59. The number of nitrogens with zero attached hydrogens (tertiary/aromatic N) is 4. The molecule has 30 heavy (non-hydrogen) atoms. The number of ketones is 1. The van der Waals surface area contributed by atoms with Gasteiger partial charge in [0.15, 0.2) is 0 Å². The maximum Gasteiger partial charge on any atom is 0.380 e. The SMILES string of the molecule is Cc1nn(-c2ccccc2)c(C)c1C(=O)C(=O)OCc1ccn(-c2ccccc2)n1. The summed E-state index contributed by atoms with van der Waals surface area (Å²) in [6.07, 6.45) is 1.78. The van der Waals surface area contributed by atoms with Crippen molar-refractivity contribution < 1.29 is 14.3 Å². The zero-order valence-corrected chi connectivity index (χ0v) is 16.6. The fourth-order valence-electron chi connectivity index (χ4n) is 3.26. The lowest BCUT2D eigenvalue weighted by atomic mass is 10.1. The Morgan fingerprint density at radius 2 is 1.50 bits per heavy atom. The summed E-state index contributed by atoms with van der Waals surface area (Å²) in [6.45, 7) is 3.37. The minimum absolute atomic E-state index is 0.0880. The van der Waals surface area contributed by atoms with Gasteiger partial charge in [0.2, 0.25) is 0 Å². The van der Waals surface area contributed by atoms with E-state index in [1.807, 2.05) is 60.7 Å². The van der Waals surface area contributed by atoms with E-state index in [2.05, 4.69) is 10.2 Å². The van der Waals surface area contributed by atoms with Gasteiger partial charge in [0.25, 0.3) is 5.78 Å². The number of para-hydroxylation sites is 2. The molecule has 4 aromatic rings. The normalized spacial score (nSPS) is 10.7. The molecule has 2 heterocycles. The fourth-order valence-corrected chi connectivity index (χ4v) is 3.26. The van der Waals surface area contributed by atoms with Crippen molar-refractivity contribution in [1.82, 2.24) is 19.6 Å². The Morgan fingerprint density at radius 1 is 0.867 bits per heavy atom. The Hall–Kier alpha value is -4.00. The maximum absolute atomic E-state index is 12.7. The van der Waals surface area contributed by atoms with Crippen molar-refractivity contribution in [3.05, 3.63) is 95.6 Å². The predicted molar refractivity (Wildman–Crippen MR) is 111 cm³/mol. The standard InChI is InChI=1S/C23H20N4O3/c1-16-21(17(2)27(24-16)20-11-7-4-8-12-20)22(28)23(29)30-15-18-13-14-26(25-18)19-9-5-3-6-10-19/h3-14H,15H2,1-2H3. The average Bonchev–Trinajstić information content (AvgIpc) is 3.37. The lowest BCUT2D eigenvalue weighted by Crippen LogP contribution is -2.19. The van der Waals surface area contributed by atoms with Crippen LogP contribution in [0.1, 0.15) is 27.4 Å². The molecule has 4 rings (SSSR count). The van der Waals surface area contributed by atoms with Crippen LogP contribution in [0.25, 0.3) is 11.4 Å². The molecular formula is C23H20N4O3. The number of hydrogen-bond donors (Lipinski definition) is 0. The quantitative estimate of drug-likeness (QED) is 0.281. The van der Waals surface area contributed by atoms with Crippen molar-refractivity contribution in [3.63, 3.8) is 0 Å². The van der Waals surface area contributed by atoms with Crippen LogP contribution in [-0.4, -0.2) is 31.3 Å². The number of aromatic nitrogens is 4. The van der Waals surface area contributed by atoms with Crippen molar-refractivity contribution in [2.75, 3.05) is 0 Å². The third-order valence-corrected chi connectivity index (χ3v) is 4.72. The molecule has 0 aliphatic rings. The number of Topliss-reactive ketones (excluding diaryl/α,β-unsaturated/α-hetero) is 1. The van der Waals surface area contributed by atoms with Crippen molar-refractivity contribution in [3.8, 4) is 11.4 Å². The second-order valence-corrected chi connectivity index (χ2v) is 6.79. The van der Waals surface area contributed by atoms with Gasteiger partial charge in [-0.2, -0.15) is 10.2 Å². The summed E-state index contributed by atoms with van der Waals surface area (Å²) in [5, 5.41) is 8.79. The average molecular weight is 400 g/mol. The van der Waals surface area contributed by atoms with Crippen LogP contribution in [0.5, 0.6) is 0 Å². The molecule has 2 aromatic heterocycles. The van der Waals surface area contributed by atoms with Gasteiger partial charge in [-0.25, -0.2) is 14.2 Å². The molecule has 0 atom stereocenters. The van der Waals surface area contributed by atoms with Gasteiger partial charge in [-0.1, -0.05) is 36.4 Å². The first-order valence-electron chi connectivity index (χ1n) is 9.47. The number of esters is 1. The summed E-state index contributed by atoms with van der Waals surface area (Å²) in [7, 11) is 0. The smallest absolute Gasteiger partial charge is 0.380 e. The predicted octanol–water partition coefficient (Wildman–Crippen LogP) is 3.60. The molecule has 0 radical (unpaired) electrons. The lowest BCUT2D eigenvalue weighted by molar-refractivity contribution is -0.139. The van der Waals surface area contributed by atoms with Gasteiger partial charge in [0.1, 0.15) is 12.3 Å². The molecule has 0 spiro atoms. The third-order valence-electron chi connectivity index (χ3n) is 4.72. The molecule has 7 heteroatoms. The molecule has 0 unspecified atom stereocenters. The van der Waals surface area contributed by atoms with Crippen LogP contribution in [-0.2, 0) is 16.1 Å². The molecule has 0 N–H and O–H groups in total. The number of carbonyl (C=O) groups excluding carboxylic acids is 2. The third kappa shape index (κ3) is 3.77. The second-order valence-electron chi connectivity index (χ2n) is 6.79. The van der Waals surface area contributed by atoms with Crippen LogP contribution < -0.4 is 0 Å². The summed E-state index contributed by atoms with van der Waals surface area (Å²) >= 11 is 0. The van der Waals surface area contributed by atoms with Crippen LogP contribution in [0.4, 0.5) is 0 Å². The minimum Gasteiger partial charge on any atom is -0.453 e. The van der Waals surface area contributed by atoms with E-state index < -0.39 is 11.8 Å². The molecule has 0 saturated carbocycles. The van der Waals surface area contributed by atoms with Crippen LogP contribution in [0.15, 0.2) is 72.9 Å². The number of rotatable bonds is 6. The fraction of sp³-hybridized carbons (Fsp3) is 0.130. The molecular weight excluding hydrogens is 380 g/mol. The molecule has 150 valence electrons. The molecule has 0 aliphatic heterocycles. The first-order valence-corrected chi connectivity index (χ1v) is 9.47. The van der Waals surface area contributed by atoms with Gasteiger partial charge in [-0.15, -0.1) is 0 Å². The lowest BCUT2D eigenvalue weighted by Gasteiger charge is -2.05. The van der Waals surface area contributed by atoms with E-state index >= 15 is 0 Å². The van der Waals surface area contributed by atoms with Crippen molar-refractivity contribution >= 4 is 11.8 Å². The van der Waals surface area contributed by atoms with Gasteiger partial charge in [-0.05, 0) is 44.2 Å². The highest BCUT2D eigenvalue weighted by Crippen LogP contribution is 2.19. The van der Waals surface area contributed by atoms with E-state index in [1.54, 1.807) is 35.5 Å². The topological polar surface area (TPSA) is 79.0 Å². The number of aryl methyl sites for hydroxylation is 1. The van der Waals surface area contributed by atoms with E-state index in [1.165, 1.54) is 0 Å². The van der Waals surface area contributed by atoms with Crippen LogP contribution in [0.2, 0.25) is 0 Å². The highest BCUT2D eigenvalue weighted by Gasteiger charge is 2.26. The van der Waals surface area contributed by atoms with Crippen molar-refractivity contribution in [1.29, 1.82) is 0 Å². The van der Waals surface area contributed by atoms with E-state index in [-0.39, 0.29) is 12.2 Å². The Labute approximate surface area is 173 Å². The first kappa shape index (κ1) is 19.3. The molecule has 7 nitrogen and oxygen atoms in total. The van der Waals surface area contributed by atoms with Gasteiger partial charge >= 0.3 is 5.97 Å². The van der Waals surface area contributed by atoms with Gasteiger partial charge in [0, 0.05) is 6.20 Å².